The molecule has 1 fully saturated rings. The summed E-state index contributed by atoms with van der Waals surface area (Å²) in [7, 11) is 0. The van der Waals surface area contributed by atoms with Gasteiger partial charge >= 0.3 is 5.00 Å². The maximum absolute atomic E-state index is 12.2. The van der Waals surface area contributed by atoms with Crippen molar-refractivity contribution in [3.05, 3.63) is 27.1 Å². The molecule has 7 heteroatoms. The summed E-state index contributed by atoms with van der Waals surface area (Å²) in [4.78, 5) is 24.0. The van der Waals surface area contributed by atoms with Crippen LogP contribution in [0.5, 0.6) is 0 Å². The molecule has 0 aliphatic carbocycles. The van der Waals surface area contributed by atoms with Gasteiger partial charge < -0.3 is 10.6 Å². The summed E-state index contributed by atoms with van der Waals surface area (Å²) >= 11 is 0.985. The van der Waals surface area contributed by atoms with Crippen LogP contribution in [-0.2, 0) is 0 Å². The first-order valence-electron chi connectivity index (χ1n) is 5.84. The lowest BCUT2D eigenvalue weighted by molar-refractivity contribution is -0.380. The first kappa shape index (κ1) is 13.0. The van der Waals surface area contributed by atoms with Crippen molar-refractivity contribution in [2.45, 2.75) is 12.8 Å². The third kappa shape index (κ3) is 2.68. The van der Waals surface area contributed by atoms with E-state index in [0.29, 0.717) is 31.1 Å². The molecule has 6 nitrogen and oxygen atoms in total. The predicted molar refractivity (Wildman–Crippen MR) is 68.7 cm³/mol. The van der Waals surface area contributed by atoms with Gasteiger partial charge in [0, 0.05) is 24.5 Å². The van der Waals surface area contributed by atoms with E-state index in [4.69, 9.17) is 5.73 Å². The van der Waals surface area contributed by atoms with Crippen molar-refractivity contribution < 1.29 is 9.72 Å². The highest BCUT2D eigenvalue weighted by Crippen LogP contribution is 2.25. The van der Waals surface area contributed by atoms with E-state index in [1.807, 2.05) is 0 Å². The lowest BCUT2D eigenvalue weighted by Crippen LogP contribution is -2.41. The van der Waals surface area contributed by atoms with Crippen LogP contribution >= 0.6 is 11.3 Å². The third-order valence-corrected chi connectivity index (χ3v) is 4.03. The molecule has 0 saturated carbocycles. The third-order valence-electron chi connectivity index (χ3n) is 3.15. The molecular formula is C11H15N3O3S. The normalized spacial score (nSPS) is 19.8. The predicted octanol–water partition coefficient (Wildman–Crippen LogP) is 1.47. The number of carbonyl (C=O) groups excluding carboxylic acids is 1. The Kier molecular flexibility index (Phi) is 3.93. The van der Waals surface area contributed by atoms with E-state index in [1.54, 1.807) is 10.3 Å². The van der Waals surface area contributed by atoms with Gasteiger partial charge in [-0.2, -0.15) is 0 Å². The minimum absolute atomic E-state index is 0.00531. The smallest absolute Gasteiger partial charge is 0.324 e. The molecular weight excluding hydrogens is 254 g/mol. The maximum atomic E-state index is 12.2. The zero-order valence-electron chi connectivity index (χ0n) is 9.87. The molecule has 0 spiro atoms. The molecule has 1 aromatic rings. The molecule has 1 unspecified atom stereocenters. The second kappa shape index (κ2) is 5.45. The summed E-state index contributed by atoms with van der Waals surface area (Å²) in [5.74, 6) is 0.217. The molecule has 1 atom stereocenters. The average molecular weight is 269 g/mol. The fourth-order valence-corrected chi connectivity index (χ4v) is 2.85. The SMILES string of the molecule is NCC1CCCN(C(=O)c2csc([N+](=O)[O-])c2)C1. The molecule has 2 rings (SSSR count). The van der Waals surface area contributed by atoms with Crippen LogP contribution in [0.4, 0.5) is 5.00 Å². The molecule has 0 aromatic carbocycles. The average Bonchev–Trinajstić information content (AvgIpc) is 2.87. The van der Waals surface area contributed by atoms with Crippen LogP contribution in [0.1, 0.15) is 23.2 Å². The second-order valence-electron chi connectivity index (χ2n) is 4.43. The summed E-state index contributed by atoms with van der Waals surface area (Å²) in [6.45, 7) is 1.94. The Morgan fingerprint density at radius 2 is 2.44 bits per heavy atom. The molecule has 1 saturated heterocycles. The van der Waals surface area contributed by atoms with Gasteiger partial charge in [0.25, 0.3) is 5.91 Å². The van der Waals surface area contributed by atoms with Crippen molar-refractivity contribution in [3.63, 3.8) is 0 Å². The number of nitrogens with two attached hydrogens (primary N) is 1. The number of rotatable bonds is 3. The number of nitrogens with zero attached hydrogens (tertiary/aromatic N) is 2. The van der Waals surface area contributed by atoms with E-state index < -0.39 is 4.92 Å². The van der Waals surface area contributed by atoms with Crippen LogP contribution in [-0.4, -0.2) is 35.4 Å². The lowest BCUT2D eigenvalue weighted by Gasteiger charge is -2.31. The van der Waals surface area contributed by atoms with E-state index >= 15 is 0 Å². The fourth-order valence-electron chi connectivity index (χ4n) is 2.16. The van der Waals surface area contributed by atoms with Crippen molar-refractivity contribution in [2.24, 2.45) is 11.7 Å². The van der Waals surface area contributed by atoms with E-state index in [2.05, 4.69) is 0 Å². The van der Waals surface area contributed by atoms with Gasteiger partial charge in [-0.3, -0.25) is 14.9 Å². The van der Waals surface area contributed by atoms with Crippen LogP contribution in [0, 0.1) is 16.0 Å². The fraction of sp³-hybridized carbons (Fsp3) is 0.545. The monoisotopic (exact) mass is 269 g/mol. The summed E-state index contributed by atoms with van der Waals surface area (Å²) in [5.41, 5.74) is 6.03. The topological polar surface area (TPSA) is 89.5 Å². The molecule has 18 heavy (non-hydrogen) atoms. The minimum Gasteiger partial charge on any atom is -0.338 e. The van der Waals surface area contributed by atoms with Crippen LogP contribution in [0.2, 0.25) is 0 Å². The van der Waals surface area contributed by atoms with Crippen molar-refractivity contribution in [1.29, 1.82) is 0 Å². The van der Waals surface area contributed by atoms with E-state index in [-0.39, 0.29) is 10.9 Å². The quantitative estimate of drug-likeness (QED) is 0.664. The minimum atomic E-state index is -0.472. The standard InChI is InChI=1S/C11H15N3O3S/c12-5-8-2-1-3-13(6-8)11(15)9-4-10(14(16)17)18-7-9/h4,7-8H,1-3,5-6,12H2. The van der Waals surface area contributed by atoms with Gasteiger partial charge in [0.1, 0.15) is 0 Å². The van der Waals surface area contributed by atoms with Crippen molar-refractivity contribution >= 4 is 22.2 Å². The van der Waals surface area contributed by atoms with Crippen LogP contribution in [0.15, 0.2) is 11.4 Å². The summed E-state index contributed by atoms with van der Waals surface area (Å²) in [6, 6.07) is 1.35. The Morgan fingerprint density at radius 1 is 1.67 bits per heavy atom. The number of likely N-dealkylation sites (tertiary alicyclic amines) is 1. The maximum Gasteiger partial charge on any atom is 0.324 e. The van der Waals surface area contributed by atoms with Gasteiger partial charge in [0.2, 0.25) is 0 Å². The van der Waals surface area contributed by atoms with Gasteiger partial charge in [-0.05, 0) is 25.3 Å². The van der Waals surface area contributed by atoms with Crippen molar-refractivity contribution in [3.8, 4) is 0 Å². The second-order valence-corrected chi connectivity index (χ2v) is 5.32. The van der Waals surface area contributed by atoms with Crippen LogP contribution in [0.25, 0.3) is 0 Å². The Balaban J connectivity index is 2.07. The zero-order valence-corrected chi connectivity index (χ0v) is 10.7. The van der Waals surface area contributed by atoms with E-state index in [0.717, 1.165) is 24.2 Å². The Bertz CT molecular complexity index is 460. The van der Waals surface area contributed by atoms with Crippen molar-refractivity contribution in [1.82, 2.24) is 4.90 Å². The van der Waals surface area contributed by atoms with Gasteiger partial charge in [-0.25, -0.2) is 0 Å². The zero-order chi connectivity index (χ0) is 13.1. The number of nitro groups is 1. The number of hydrogen-bond donors (Lipinski definition) is 1. The number of thiophene rings is 1. The number of piperidine rings is 1. The highest BCUT2D eigenvalue weighted by atomic mass is 32.1. The van der Waals surface area contributed by atoms with Gasteiger partial charge in [-0.15, -0.1) is 0 Å². The van der Waals surface area contributed by atoms with Crippen molar-refractivity contribution in [2.75, 3.05) is 19.6 Å². The van der Waals surface area contributed by atoms with Gasteiger partial charge in [-0.1, -0.05) is 11.3 Å². The molecule has 0 bridgehead atoms. The van der Waals surface area contributed by atoms with Gasteiger partial charge in [0.05, 0.1) is 10.5 Å². The van der Waals surface area contributed by atoms with E-state index in [1.165, 1.54) is 6.07 Å². The molecule has 2 N–H and O–H groups in total. The lowest BCUT2D eigenvalue weighted by atomic mass is 9.98. The first-order chi connectivity index (χ1) is 8.61. The molecule has 1 aromatic heterocycles. The molecule has 1 aliphatic rings. The molecule has 1 amide bonds. The molecule has 2 heterocycles. The Hall–Kier alpha value is -1.47. The van der Waals surface area contributed by atoms with Crippen LogP contribution in [0.3, 0.4) is 0 Å². The largest absolute Gasteiger partial charge is 0.338 e. The number of hydrogen-bond acceptors (Lipinski definition) is 5. The van der Waals surface area contributed by atoms with Crippen LogP contribution < -0.4 is 5.73 Å². The highest BCUT2D eigenvalue weighted by molar-refractivity contribution is 7.13. The highest BCUT2D eigenvalue weighted by Gasteiger charge is 2.25. The number of amides is 1. The Labute approximate surface area is 109 Å². The number of carbonyl (C=O) groups is 1. The Morgan fingerprint density at radius 3 is 3.06 bits per heavy atom. The molecule has 0 radical (unpaired) electrons. The van der Waals surface area contributed by atoms with E-state index in [9.17, 15) is 14.9 Å². The first-order valence-corrected chi connectivity index (χ1v) is 6.72. The van der Waals surface area contributed by atoms with Gasteiger partial charge in [0.15, 0.2) is 0 Å². The molecule has 98 valence electrons. The summed E-state index contributed by atoms with van der Waals surface area (Å²) < 4.78 is 0. The summed E-state index contributed by atoms with van der Waals surface area (Å²) in [5, 5.41) is 12.1. The molecule has 1 aliphatic heterocycles. The summed E-state index contributed by atoms with van der Waals surface area (Å²) in [6.07, 6.45) is 1.99.